The van der Waals surface area contributed by atoms with Crippen LogP contribution in [0.4, 0.5) is 5.69 Å². The molecule has 0 aliphatic heterocycles. The largest absolute Gasteiger partial charge is 0.436 e. The summed E-state index contributed by atoms with van der Waals surface area (Å²) < 4.78 is 10.9. The number of nitrogens with one attached hydrogen (secondary N) is 1. The minimum atomic E-state index is -0.210. The van der Waals surface area contributed by atoms with Crippen molar-refractivity contribution in [2.24, 2.45) is 0 Å². The van der Waals surface area contributed by atoms with Crippen molar-refractivity contribution in [2.45, 2.75) is 6.92 Å². The smallest absolute Gasteiger partial charge is 0.257 e. The molecule has 3 aromatic carbocycles. The number of benzene rings is 3. The maximum atomic E-state index is 12.5. The van der Waals surface area contributed by atoms with Crippen molar-refractivity contribution >= 4 is 22.7 Å². The zero-order valence-corrected chi connectivity index (χ0v) is 16.0. The highest BCUT2D eigenvalue weighted by molar-refractivity contribution is 6.04. The number of aryl methyl sites for hydroxylation is 1. The lowest BCUT2D eigenvalue weighted by Crippen LogP contribution is -2.11. The molecule has 0 aliphatic carbocycles. The van der Waals surface area contributed by atoms with Gasteiger partial charge in [0.25, 0.3) is 11.8 Å². The standard InChI is InChI=1S/C23H16N4O3/c1-14-24-23(30-27-14)17-8-6-15(7-9-17)21(28)25-18-12-10-16(11-13-18)22-26-19-4-2-3-5-20(19)29-22/h2-13H,1H3,(H,25,28). The Morgan fingerprint density at radius 1 is 0.833 bits per heavy atom. The molecule has 0 saturated carbocycles. The topological polar surface area (TPSA) is 94.1 Å². The molecule has 5 aromatic rings. The summed E-state index contributed by atoms with van der Waals surface area (Å²) in [5, 5.41) is 6.66. The fraction of sp³-hybridized carbons (Fsp3) is 0.0435. The lowest BCUT2D eigenvalue weighted by Gasteiger charge is -2.06. The van der Waals surface area contributed by atoms with Crippen LogP contribution in [0.1, 0.15) is 16.2 Å². The van der Waals surface area contributed by atoms with Crippen LogP contribution in [0, 0.1) is 6.92 Å². The molecule has 30 heavy (non-hydrogen) atoms. The van der Waals surface area contributed by atoms with Crippen molar-refractivity contribution < 1.29 is 13.7 Å². The molecular weight excluding hydrogens is 380 g/mol. The summed E-state index contributed by atoms with van der Waals surface area (Å²) in [5.74, 6) is 1.32. The van der Waals surface area contributed by atoms with Gasteiger partial charge in [-0.25, -0.2) is 4.98 Å². The first kappa shape index (κ1) is 17.8. The summed E-state index contributed by atoms with van der Waals surface area (Å²) in [6.45, 7) is 1.75. The van der Waals surface area contributed by atoms with Crippen LogP contribution in [0.3, 0.4) is 0 Å². The summed E-state index contributed by atoms with van der Waals surface area (Å²) in [5.41, 5.74) is 4.35. The monoisotopic (exact) mass is 396 g/mol. The molecule has 0 bridgehead atoms. The van der Waals surface area contributed by atoms with Crippen molar-refractivity contribution in [3.63, 3.8) is 0 Å². The van der Waals surface area contributed by atoms with Gasteiger partial charge < -0.3 is 14.3 Å². The molecule has 1 N–H and O–H groups in total. The Kier molecular flexibility index (Phi) is 4.33. The van der Waals surface area contributed by atoms with Crippen LogP contribution < -0.4 is 5.32 Å². The molecule has 0 aliphatic rings. The van der Waals surface area contributed by atoms with Crippen LogP contribution in [0.2, 0.25) is 0 Å². The number of amides is 1. The predicted octanol–water partition coefficient (Wildman–Crippen LogP) is 5.11. The third-order valence-electron chi connectivity index (χ3n) is 4.61. The maximum Gasteiger partial charge on any atom is 0.257 e. The minimum Gasteiger partial charge on any atom is -0.436 e. The van der Waals surface area contributed by atoms with Gasteiger partial charge in [-0.1, -0.05) is 17.3 Å². The quantitative estimate of drug-likeness (QED) is 0.454. The number of carbonyl (C=O) groups is 1. The minimum absolute atomic E-state index is 0.210. The van der Waals surface area contributed by atoms with Gasteiger partial charge in [0.05, 0.1) is 0 Å². The van der Waals surface area contributed by atoms with E-state index in [1.807, 2.05) is 48.5 Å². The van der Waals surface area contributed by atoms with E-state index in [9.17, 15) is 4.79 Å². The lowest BCUT2D eigenvalue weighted by molar-refractivity contribution is 0.102. The molecule has 7 heteroatoms. The van der Waals surface area contributed by atoms with E-state index in [2.05, 4.69) is 20.4 Å². The van der Waals surface area contributed by atoms with Gasteiger partial charge in [0, 0.05) is 22.4 Å². The summed E-state index contributed by atoms with van der Waals surface area (Å²) >= 11 is 0. The normalized spacial score (nSPS) is 11.0. The molecule has 0 saturated heterocycles. The van der Waals surface area contributed by atoms with Gasteiger partial charge in [-0.2, -0.15) is 4.98 Å². The maximum absolute atomic E-state index is 12.5. The van der Waals surface area contributed by atoms with E-state index < -0.39 is 0 Å². The van der Waals surface area contributed by atoms with E-state index >= 15 is 0 Å². The molecule has 2 heterocycles. The fourth-order valence-electron chi connectivity index (χ4n) is 3.07. The van der Waals surface area contributed by atoms with Crippen molar-refractivity contribution in [1.82, 2.24) is 15.1 Å². The zero-order valence-electron chi connectivity index (χ0n) is 16.0. The van der Waals surface area contributed by atoms with Gasteiger partial charge in [-0.15, -0.1) is 0 Å². The van der Waals surface area contributed by atoms with E-state index in [4.69, 9.17) is 8.94 Å². The average Bonchev–Trinajstić information content (AvgIpc) is 3.40. The number of rotatable bonds is 4. The van der Waals surface area contributed by atoms with E-state index in [1.165, 1.54) is 0 Å². The molecule has 0 fully saturated rings. The second-order valence-corrected chi connectivity index (χ2v) is 6.74. The number of nitrogens with zero attached hydrogens (tertiary/aromatic N) is 3. The highest BCUT2D eigenvalue weighted by Gasteiger charge is 2.11. The average molecular weight is 396 g/mol. The van der Waals surface area contributed by atoms with Crippen molar-refractivity contribution in [3.8, 4) is 22.9 Å². The van der Waals surface area contributed by atoms with E-state index in [-0.39, 0.29) is 5.91 Å². The number of anilines is 1. The number of aromatic nitrogens is 3. The second kappa shape index (κ2) is 7.29. The fourth-order valence-corrected chi connectivity index (χ4v) is 3.07. The zero-order chi connectivity index (χ0) is 20.5. The summed E-state index contributed by atoms with van der Waals surface area (Å²) in [4.78, 5) is 21.2. The first-order valence-corrected chi connectivity index (χ1v) is 9.34. The van der Waals surface area contributed by atoms with Gasteiger partial charge in [-0.05, 0) is 67.6 Å². The Labute approximate surface area is 171 Å². The Morgan fingerprint density at radius 2 is 1.53 bits per heavy atom. The molecular formula is C23H16N4O3. The van der Waals surface area contributed by atoms with Gasteiger partial charge >= 0.3 is 0 Å². The van der Waals surface area contributed by atoms with Crippen LogP contribution in [-0.4, -0.2) is 21.0 Å². The number of hydrogen-bond donors (Lipinski definition) is 1. The number of oxazole rings is 1. The molecule has 5 rings (SSSR count). The Morgan fingerprint density at radius 3 is 2.23 bits per heavy atom. The van der Waals surface area contributed by atoms with Crippen LogP contribution >= 0.6 is 0 Å². The first-order valence-electron chi connectivity index (χ1n) is 9.34. The molecule has 7 nitrogen and oxygen atoms in total. The highest BCUT2D eigenvalue weighted by Crippen LogP contribution is 2.25. The summed E-state index contributed by atoms with van der Waals surface area (Å²) in [6.07, 6.45) is 0. The van der Waals surface area contributed by atoms with Gasteiger partial charge in [0.2, 0.25) is 5.89 Å². The van der Waals surface area contributed by atoms with Crippen LogP contribution in [0.15, 0.2) is 81.7 Å². The van der Waals surface area contributed by atoms with Gasteiger partial charge in [-0.3, -0.25) is 4.79 Å². The predicted molar refractivity (Wildman–Crippen MR) is 112 cm³/mol. The van der Waals surface area contributed by atoms with Crippen LogP contribution in [0.5, 0.6) is 0 Å². The van der Waals surface area contributed by atoms with Gasteiger partial charge in [0.15, 0.2) is 11.4 Å². The lowest BCUT2D eigenvalue weighted by atomic mass is 10.1. The Bertz CT molecular complexity index is 1300. The Hall–Kier alpha value is -4.26. The number of carbonyl (C=O) groups excluding carboxylic acids is 1. The van der Waals surface area contributed by atoms with E-state index in [0.717, 1.165) is 22.2 Å². The molecule has 0 atom stereocenters. The number of hydrogen-bond acceptors (Lipinski definition) is 6. The summed E-state index contributed by atoms with van der Waals surface area (Å²) in [6, 6.07) is 22.0. The van der Waals surface area contributed by atoms with Crippen molar-refractivity contribution in [1.29, 1.82) is 0 Å². The second-order valence-electron chi connectivity index (χ2n) is 6.74. The van der Waals surface area contributed by atoms with Crippen LogP contribution in [0.25, 0.3) is 34.0 Å². The van der Waals surface area contributed by atoms with Crippen molar-refractivity contribution in [2.75, 3.05) is 5.32 Å². The molecule has 1 amide bonds. The first-order chi connectivity index (χ1) is 14.7. The number of para-hydroxylation sites is 2. The molecule has 0 unspecified atom stereocenters. The van der Waals surface area contributed by atoms with E-state index in [0.29, 0.717) is 28.9 Å². The van der Waals surface area contributed by atoms with Gasteiger partial charge in [0.1, 0.15) is 5.52 Å². The SMILES string of the molecule is Cc1noc(-c2ccc(C(=O)Nc3ccc(-c4nc5ccccc5o4)cc3)cc2)n1. The summed E-state index contributed by atoms with van der Waals surface area (Å²) in [7, 11) is 0. The van der Waals surface area contributed by atoms with E-state index in [1.54, 1.807) is 31.2 Å². The molecule has 146 valence electrons. The molecule has 0 radical (unpaired) electrons. The Balaban J connectivity index is 1.30. The molecule has 0 spiro atoms. The third kappa shape index (κ3) is 3.44. The van der Waals surface area contributed by atoms with Crippen molar-refractivity contribution in [3.05, 3.63) is 84.2 Å². The third-order valence-corrected chi connectivity index (χ3v) is 4.61. The molecule has 2 aromatic heterocycles. The number of fused-ring (bicyclic) bond motifs is 1. The van der Waals surface area contributed by atoms with Crippen LogP contribution in [-0.2, 0) is 0 Å². The highest BCUT2D eigenvalue weighted by atomic mass is 16.5.